The van der Waals surface area contributed by atoms with Crippen molar-refractivity contribution in [1.82, 2.24) is 19.5 Å². The normalized spacial score (nSPS) is 23.0. The number of rotatable bonds is 3. The first-order valence-corrected chi connectivity index (χ1v) is 10.1. The zero-order valence-corrected chi connectivity index (χ0v) is 16.6. The molecule has 0 radical (unpaired) electrons. The van der Waals surface area contributed by atoms with E-state index in [2.05, 4.69) is 22.3 Å². The minimum absolute atomic E-state index is 0.000985. The minimum atomic E-state index is -0.685. The van der Waals surface area contributed by atoms with E-state index in [1.807, 2.05) is 42.3 Å². The van der Waals surface area contributed by atoms with Crippen LogP contribution in [-0.2, 0) is 10.2 Å². The standard InChI is InChI=1S/C22H23N5O2/c1-3-6-18-22(16-7-4-5-8-17(16)25-21(22)29)9-10-26(18)20(28)15-12-24-27-13-14(2)11-23-19(15)27/h4-5,7-8,11-13,18H,3,6,9-10H2,1-2H3,(H,25,29)/t18-,22+/m0/s1. The second kappa shape index (κ2) is 6.40. The summed E-state index contributed by atoms with van der Waals surface area (Å²) in [6, 6.07) is 7.66. The molecule has 29 heavy (non-hydrogen) atoms. The van der Waals surface area contributed by atoms with E-state index in [0.717, 1.165) is 29.7 Å². The fourth-order valence-corrected chi connectivity index (χ4v) is 4.99. The third-order valence-corrected chi connectivity index (χ3v) is 6.29. The van der Waals surface area contributed by atoms with Crippen molar-refractivity contribution in [2.75, 3.05) is 11.9 Å². The number of hydrogen-bond acceptors (Lipinski definition) is 4. The first-order chi connectivity index (χ1) is 14.1. The molecule has 2 aliphatic rings. The molecule has 1 spiro atoms. The largest absolute Gasteiger partial charge is 0.334 e. The van der Waals surface area contributed by atoms with E-state index in [4.69, 9.17) is 0 Å². The highest BCUT2D eigenvalue weighted by Crippen LogP contribution is 2.49. The first kappa shape index (κ1) is 17.8. The number of aromatic nitrogens is 3. The summed E-state index contributed by atoms with van der Waals surface area (Å²) >= 11 is 0. The summed E-state index contributed by atoms with van der Waals surface area (Å²) in [7, 11) is 0. The molecule has 0 aliphatic carbocycles. The number of anilines is 1. The second-order valence-corrected chi connectivity index (χ2v) is 7.98. The molecule has 1 N–H and O–H groups in total. The van der Waals surface area contributed by atoms with E-state index in [9.17, 15) is 9.59 Å². The molecule has 5 rings (SSSR count). The van der Waals surface area contributed by atoms with Crippen LogP contribution in [0.4, 0.5) is 5.69 Å². The fraction of sp³-hybridized carbons (Fsp3) is 0.364. The molecule has 0 unspecified atom stereocenters. The zero-order valence-electron chi connectivity index (χ0n) is 16.6. The van der Waals surface area contributed by atoms with Gasteiger partial charge in [0.05, 0.1) is 17.7 Å². The Balaban J connectivity index is 1.58. The summed E-state index contributed by atoms with van der Waals surface area (Å²) < 4.78 is 1.64. The van der Waals surface area contributed by atoms with Gasteiger partial charge >= 0.3 is 0 Å². The molecule has 2 aliphatic heterocycles. The van der Waals surface area contributed by atoms with Gasteiger partial charge in [-0.3, -0.25) is 9.59 Å². The van der Waals surface area contributed by atoms with Crippen LogP contribution in [0, 0.1) is 6.92 Å². The van der Waals surface area contributed by atoms with Gasteiger partial charge in [-0.2, -0.15) is 5.10 Å². The highest BCUT2D eigenvalue weighted by Gasteiger charge is 2.58. The Hall–Kier alpha value is -3.22. The second-order valence-electron chi connectivity index (χ2n) is 7.98. The summed E-state index contributed by atoms with van der Waals surface area (Å²) in [4.78, 5) is 33.0. The predicted molar refractivity (Wildman–Crippen MR) is 109 cm³/mol. The van der Waals surface area contributed by atoms with Crippen LogP contribution in [0.15, 0.2) is 42.9 Å². The first-order valence-electron chi connectivity index (χ1n) is 10.1. The van der Waals surface area contributed by atoms with Crippen molar-refractivity contribution in [3.8, 4) is 0 Å². The van der Waals surface area contributed by atoms with Crippen molar-refractivity contribution in [2.24, 2.45) is 0 Å². The van der Waals surface area contributed by atoms with E-state index in [1.165, 1.54) is 0 Å². The third-order valence-electron chi connectivity index (χ3n) is 6.29. The van der Waals surface area contributed by atoms with Crippen molar-refractivity contribution >= 4 is 23.1 Å². The lowest BCUT2D eigenvalue weighted by Gasteiger charge is -2.33. The van der Waals surface area contributed by atoms with Gasteiger partial charge in [-0.05, 0) is 37.0 Å². The SMILES string of the molecule is CCC[C@@H]1N(C(=O)c2cnn3cc(C)cnc23)CC[C@]12C(=O)Nc1ccccc12. The molecular formula is C22H23N5O2. The number of benzene rings is 1. The highest BCUT2D eigenvalue weighted by molar-refractivity contribution is 6.08. The number of aryl methyl sites for hydroxylation is 1. The molecule has 7 heteroatoms. The maximum Gasteiger partial charge on any atom is 0.259 e. The van der Waals surface area contributed by atoms with Gasteiger partial charge in [0.1, 0.15) is 5.56 Å². The minimum Gasteiger partial charge on any atom is -0.334 e. The van der Waals surface area contributed by atoms with Gasteiger partial charge in [0, 0.05) is 24.6 Å². The smallest absolute Gasteiger partial charge is 0.259 e. The van der Waals surface area contributed by atoms with Gasteiger partial charge in [-0.15, -0.1) is 0 Å². The van der Waals surface area contributed by atoms with Crippen LogP contribution in [0.3, 0.4) is 0 Å². The van der Waals surface area contributed by atoms with Gasteiger partial charge < -0.3 is 10.2 Å². The summed E-state index contributed by atoms with van der Waals surface area (Å²) in [6.45, 7) is 4.56. The van der Waals surface area contributed by atoms with Crippen molar-refractivity contribution in [3.63, 3.8) is 0 Å². The maximum atomic E-state index is 13.6. The van der Waals surface area contributed by atoms with Gasteiger partial charge in [0.2, 0.25) is 5.91 Å². The van der Waals surface area contributed by atoms with Crippen LogP contribution >= 0.6 is 0 Å². The van der Waals surface area contributed by atoms with Crippen LogP contribution in [0.2, 0.25) is 0 Å². The number of carbonyl (C=O) groups excluding carboxylic acids is 2. The lowest BCUT2D eigenvalue weighted by atomic mass is 9.73. The number of nitrogens with one attached hydrogen (secondary N) is 1. The average Bonchev–Trinajstić information content (AvgIpc) is 3.38. The molecule has 2 atom stereocenters. The van der Waals surface area contributed by atoms with E-state index < -0.39 is 5.41 Å². The molecule has 7 nitrogen and oxygen atoms in total. The lowest BCUT2D eigenvalue weighted by Crippen LogP contribution is -2.48. The Kier molecular flexibility index (Phi) is 3.94. The Bertz CT molecular complexity index is 1140. The van der Waals surface area contributed by atoms with Crippen LogP contribution in [-0.4, -0.2) is 43.9 Å². The lowest BCUT2D eigenvalue weighted by molar-refractivity contribution is -0.121. The third kappa shape index (κ3) is 2.43. The van der Waals surface area contributed by atoms with Gasteiger partial charge in [0.15, 0.2) is 5.65 Å². The highest BCUT2D eigenvalue weighted by atomic mass is 16.2. The number of fused-ring (bicyclic) bond motifs is 3. The maximum absolute atomic E-state index is 13.6. The number of hydrogen-bond donors (Lipinski definition) is 1. The van der Waals surface area contributed by atoms with E-state index in [1.54, 1.807) is 16.9 Å². The topological polar surface area (TPSA) is 79.6 Å². The zero-order chi connectivity index (χ0) is 20.2. The Morgan fingerprint density at radius 2 is 2.14 bits per heavy atom. The van der Waals surface area contributed by atoms with Crippen LogP contribution in [0.1, 0.15) is 47.7 Å². The van der Waals surface area contributed by atoms with Gasteiger partial charge in [0.25, 0.3) is 5.91 Å². The van der Waals surface area contributed by atoms with Gasteiger partial charge in [-0.1, -0.05) is 31.5 Å². The van der Waals surface area contributed by atoms with Crippen molar-refractivity contribution in [2.45, 2.75) is 44.6 Å². The van der Waals surface area contributed by atoms with Gasteiger partial charge in [-0.25, -0.2) is 9.50 Å². The molecular weight excluding hydrogens is 366 g/mol. The summed E-state index contributed by atoms with van der Waals surface area (Å²) in [6.07, 6.45) is 7.45. The van der Waals surface area contributed by atoms with E-state index >= 15 is 0 Å². The number of amides is 2. The molecule has 1 aromatic carbocycles. The number of likely N-dealkylation sites (tertiary alicyclic amines) is 1. The predicted octanol–water partition coefficient (Wildman–Crippen LogP) is 2.94. The van der Waals surface area contributed by atoms with Crippen LogP contribution < -0.4 is 5.32 Å². The van der Waals surface area contributed by atoms with E-state index in [0.29, 0.717) is 24.2 Å². The Morgan fingerprint density at radius 3 is 2.97 bits per heavy atom. The summed E-state index contributed by atoms with van der Waals surface area (Å²) in [5.41, 5.74) is 3.19. The van der Waals surface area contributed by atoms with Crippen molar-refractivity contribution in [1.29, 1.82) is 0 Å². The Labute approximate surface area is 168 Å². The molecule has 3 aromatic rings. The van der Waals surface area contributed by atoms with Crippen molar-refractivity contribution in [3.05, 3.63) is 59.5 Å². The molecule has 1 fully saturated rings. The molecule has 2 aromatic heterocycles. The monoisotopic (exact) mass is 389 g/mol. The number of carbonyl (C=O) groups is 2. The quantitative estimate of drug-likeness (QED) is 0.747. The molecule has 2 amide bonds. The molecule has 148 valence electrons. The number of para-hydroxylation sites is 1. The fourth-order valence-electron chi connectivity index (χ4n) is 4.99. The van der Waals surface area contributed by atoms with Crippen molar-refractivity contribution < 1.29 is 9.59 Å². The summed E-state index contributed by atoms with van der Waals surface area (Å²) in [5.74, 6) is -0.107. The average molecular weight is 389 g/mol. The van der Waals surface area contributed by atoms with Crippen LogP contribution in [0.25, 0.3) is 5.65 Å². The van der Waals surface area contributed by atoms with Crippen LogP contribution in [0.5, 0.6) is 0 Å². The Morgan fingerprint density at radius 1 is 1.31 bits per heavy atom. The number of nitrogens with zero attached hydrogens (tertiary/aromatic N) is 4. The molecule has 0 saturated carbocycles. The summed E-state index contributed by atoms with van der Waals surface area (Å²) in [5, 5.41) is 7.35. The molecule has 0 bridgehead atoms. The molecule has 4 heterocycles. The molecule has 1 saturated heterocycles. The van der Waals surface area contributed by atoms with E-state index in [-0.39, 0.29) is 17.9 Å².